The smallest absolute Gasteiger partial charge is 0.311 e. The first-order valence-corrected chi connectivity index (χ1v) is 6.46. The molecule has 4 heteroatoms. The Balaban J connectivity index is 2.37. The Morgan fingerprint density at radius 2 is 1.88 bits per heavy atom. The van der Waals surface area contributed by atoms with Crippen LogP contribution in [0.2, 0.25) is 0 Å². The van der Waals surface area contributed by atoms with E-state index in [4.69, 9.17) is 0 Å². The molecule has 0 aromatic rings. The third-order valence-electron chi connectivity index (χ3n) is 3.59. The zero-order valence-electron chi connectivity index (χ0n) is 10.8. The minimum atomic E-state index is -0.765. The van der Waals surface area contributed by atoms with E-state index < -0.39 is 11.4 Å². The lowest BCUT2D eigenvalue weighted by atomic mass is 9.86. The Hall–Kier alpha value is -1.06. The number of hydrogen-bond donors (Lipinski definition) is 2. The lowest BCUT2D eigenvalue weighted by Crippen LogP contribution is -2.41. The Labute approximate surface area is 103 Å². The monoisotopic (exact) mass is 241 g/mol. The van der Waals surface area contributed by atoms with Crippen molar-refractivity contribution in [2.75, 3.05) is 6.54 Å². The van der Waals surface area contributed by atoms with Gasteiger partial charge in [0, 0.05) is 13.0 Å². The summed E-state index contributed by atoms with van der Waals surface area (Å²) in [5.41, 5.74) is -0.701. The lowest BCUT2D eigenvalue weighted by Gasteiger charge is -2.24. The number of amides is 1. The maximum atomic E-state index is 11.6. The van der Waals surface area contributed by atoms with Gasteiger partial charge in [-0.05, 0) is 25.2 Å². The van der Waals surface area contributed by atoms with Crippen LogP contribution in [0.3, 0.4) is 0 Å². The molecule has 17 heavy (non-hydrogen) atoms. The van der Waals surface area contributed by atoms with Crippen molar-refractivity contribution in [3.05, 3.63) is 0 Å². The Morgan fingerprint density at radius 1 is 1.29 bits per heavy atom. The van der Waals surface area contributed by atoms with E-state index in [9.17, 15) is 14.7 Å². The van der Waals surface area contributed by atoms with Crippen molar-refractivity contribution in [3.63, 3.8) is 0 Å². The van der Waals surface area contributed by atoms with Crippen LogP contribution in [0, 0.1) is 11.3 Å². The summed E-state index contributed by atoms with van der Waals surface area (Å²) < 4.78 is 0. The molecule has 1 amide bonds. The molecule has 0 saturated heterocycles. The van der Waals surface area contributed by atoms with E-state index in [0.717, 1.165) is 19.3 Å². The minimum absolute atomic E-state index is 0.0220. The molecule has 2 N–H and O–H groups in total. The van der Waals surface area contributed by atoms with Gasteiger partial charge >= 0.3 is 5.97 Å². The Morgan fingerprint density at radius 3 is 2.35 bits per heavy atom. The van der Waals surface area contributed by atoms with Crippen LogP contribution in [0.15, 0.2) is 0 Å². The van der Waals surface area contributed by atoms with Gasteiger partial charge in [-0.2, -0.15) is 0 Å². The molecule has 0 aromatic carbocycles. The van der Waals surface area contributed by atoms with Gasteiger partial charge in [0.2, 0.25) is 5.91 Å². The number of carbonyl (C=O) groups is 2. The standard InChI is InChI=1S/C13H23NO3/c1-10(2)5-6-11(15)14-9-13(12(16)17)7-3-4-8-13/h10H,3-9H2,1-2H3,(H,14,15)(H,16,17). The number of rotatable bonds is 6. The second kappa shape index (κ2) is 6.03. The molecule has 1 rings (SSSR count). The third kappa shape index (κ3) is 4.02. The van der Waals surface area contributed by atoms with E-state index in [0.29, 0.717) is 31.7 Å². The second-order valence-corrected chi connectivity index (χ2v) is 5.50. The summed E-state index contributed by atoms with van der Waals surface area (Å²) in [5, 5.41) is 12.0. The van der Waals surface area contributed by atoms with Crippen molar-refractivity contribution in [2.45, 2.75) is 52.4 Å². The lowest BCUT2D eigenvalue weighted by molar-refractivity contribution is -0.148. The van der Waals surface area contributed by atoms with Crippen LogP contribution in [0.25, 0.3) is 0 Å². The van der Waals surface area contributed by atoms with Crippen LogP contribution in [0.1, 0.15) is 52.4 Å². The number of carboxylic acids is 1. The van der Waals surface area contributed by atoms with E-state index in [1.165, 1.54) is 0 Å². The average molecular weight is 241 g/mol. The molecule has 1 aliphatic carbocycles. The van der Waals surface area contributed by atoms with Crippen molar-refractivity contribution in [1.29, 1.82) is 0 Å². The average Bonchev–Trinajstić information content (AvgIpc) is 2.73. The molecule has 1 saturated carbocycles. The predicted molar refractivity (Wildman–Crippen MR) is 65.6 cm³/mol. The number of carboxylic acid groups (broad SMARTS) is 1. The van der Waals surface area contributed by atoms with Crippen molar-refractivity contribution in [3.8, 4) is 0 Å². The van der Waals surface area contributed by atoms with Gasteiger partial charge in [0.05, 0.1) is 5.41 Å². The van der Waals surface area contributed by atoms with E-state index in [1.807, 2.05) is 0 Å². The van der Waals surface area contributed by atoms with Gasteiger partial charge in [-0.3, -0.25) is 9.59 Å². The molecule has 1 aliphatic rings. The zero-order valence-corrected chi connectivity index (χ0v) is 10.8. The van der Waals surface area contributed by atoms with Crippen molar-refractivity contribution >= 4 is 11.9 Å². The SMILES string of the molecule is CC(C)CCC(=O)NCC1(C(=O)O)CCCC1. The van der Waals surface area contributed by atoms with Gasteiger partial charge < -0.3 is 10.4 Å². The molecule has 0 unspecified atom stereocenters. The summed E-state index contributed by atoms with van der Waals surface area (Å²) in [7, 11) is 0. The quantitative estimate of drug-likeness (QED) is 0.749. The Kier molecular flexibility index (Phi) is 4.97. The molecule has 0 bridgehead atoms. The van der Waals surface area contributed by atoms with Crippen LogP contribution in [0.4, 0.5) is 0 Å². The summed E-state index contributed by atoms with van der Waals surface area (Å²) in [4.78, 5) is 22.8. The van der Waals surface area contributed by atoms with Gasteiger partial charge in [0.15, 0.2) is 0 Å². The van der Waals surface area contributed by atoms with E-state index in [-0.39, 0.29) is 5.91 Å². The number of aliphatic carboxylic acids is 1. The summed E-state index contributed by atoms with van der Waals surface area (Å²) in [6.07, 6.45) is 4.63. The van der Waals surface area contributed by atoms with Crippen LogP contribution in [-0.4, -0.2) is 23.5 Å². The van der Waals surface area contributed by atoms with Crippen LogP contribution < -0.4 is 5.32 Å². The van der Waals surface area contributed by atoms with Crippen LogP contribution in [-0.2, 0) is 9.59 Å². The summed E-state index contributed by atoms with van der Waals surface area (Å²) in [6.45, 7) is 4.44. The summed E-state index contributed by atoms with van der Waals surface area (Å²) in [5.74, 6) is -0.286. The molecular formula is C13H23NO3. The van der Waals surface area contributed by atoms with Gasteiger partial charge in [0.1, 0.15) is 0 Å². The molecule has 0 radical (unpaired) electrons. The second-order valence-electron chi connectivity index (χ2n) is 5.50. The van der Waals surface area contributed by atoms with Crippen molar-refractivity contribution < 1.29 is 14.7 Å². The van der Waals surface area contributed by atoms with Crippen molar-refractivity contribution in [1.82, 2.24) is 5.32 Å². The first kappa shape index (κ1) is 14.0. The molecule has 4 nitrogen and oxygen atoms in total. The fourth-order valence-electron chi connectivity index (χ4n) is 2.29. The number of carbonyl (C=O) groups excluding carboxylic acids is 1. The van der Waals surface area contributed by atoms with Crippen LogP contribution in [0.5, 0.6) is 0 Å². The highest BCUT2D eigenvalue weighted by Crippen LogP contribution is 2.37. The van der Waals surface area contributed by atoms with E-state index >= 15 is 0 Å². The van der Waals surface area contributed by atoms with Gasteiger partial charge in [-0.15, -0.1) is 0 Å². The molecule has 0 heterocycles. The fourth-order valence-corrected chi connectivity index (χ4v) is 2.29. The molecule has 98 valence electrons. The molecule has 0 spiro atoms. The highest BCUT2D eigenvalue weighted by Gasteiger charge is 2.41. The van der Waals surface area contributed by atoms with Crippen LogP contribution >= 0.6 is 0 Å². The molecule has 0 aromatic heterocycles. The van der Waals surface area contributed by atoms with Gasteiger partial charge in [0.25, 0.3) is 0 Å². The van der Waals surface area contributed by atoms with Crippen molar-refractivity contribution in [2.24, 2.45) is 11.3 Å². The summed E-state index contributed by atoms with van der Waals surface area (Å²) >= 11 is 0. The van der Waals surface area contributed by atoms with Gasteiger partial charge in [-0.1, -0.05) is 26.7 Å². The zero-order chi connectivity index (χ0) is 12.9. The number of hydrogen-bond acceptors (Lipinski definition) is 2. The molecule has 0 atom stereocenters. The summed E-state index contributed by atoms with van der Waals surface area (Å²) in [6, 6.07) is 0. The maximum Gasteiger partial charge on any atom is 0.311 e. The van der Waals surface area contributed by atoms with E-state index in [1.54, 1.807) is 0 Å². The highest BCUT2D eigenvalue weighted by atomic mass is 16.4. The van der Waals surface area contributed by atoms with E-state index in [2.05, 4.69) is 19.2 Å². The molecular weight excluding hydrogens is 218 g/mol. The normalized spacial score (nSPS) is 18.3. The largest absolute Gasteiger partial charge is 0.481 e. The number of nitrogens with one attached hydrogen (secondary N) is 1. The minimum Gasteiger partial charge on any atom is -0.481 e. The fraction of sp³-hybridized carbons (Fsp3) is 0.846. The molecule has 1 fully saturated rings. The molecule has 0 aliphatic heterocycles. The predicted octanol–water partition coefficient (Wildman–Crippen LogP) is 2.18. The maximum absolute atomic E-state index is 11.6. The third-order valence-corrected chi connectivity index (χ3v) is 3.59. The first-order valence-electron chi connectivity index (χ1n) is 6.46. The first-order chi connectivity index (χ1) is 7.96. The Bertz CT molecular complexity index is 280. The topological polar surface area (TPSA) is 66.4 Å². The highest BCUT2D eigenvalue weighted by molar-refractivity contribution is 5.79. The van der Waals surface area contributed by atoms with Gasteiger partial charge in [-0.25, -0.2) is 0 Å².